The minimum Gasteiger partial charge on any atom is -0.497 e. The van der Waals surface area contributed by atoms with Crippen molar-refractivity contribution in [3.8, 4) is 11.5 Å². The third kappa shape index (κ3) is 5.18. The van der Waals surface area contributed by atoms with Gasteiger partial charge in [0.15, 0.2) is 0 Å². The van der Waals surface area contributed by atoms with Gasteiger partial charge in [-0.15, -0.1) is 0 Å². The highest BCUT2D eigenvalue weighted by molar-refractivity contribution is 5.97. The first kappa shape index (κ1) is 22.0. The molecule has 170 valence electrons. The van der Waals surface area contributed by atoms with Gasteiger partial charge in [0.2, 0.25) is 5.91 Å². The molecule has 0 unspecified atom stereocenters. The number of carbonyl (C=O) groups excluding carboxylic acids is 2. The number of methoxy groups -OCH3 is 1. The van der Waals surface area contributed by atoms with E-state index in [0.717, 1.165) is 31.0 Å². The zero-order chi connectivity index (χ0) is 22.7. The molecule has 32 heavy (non-hydrogen) atoms. The Morgan fingerprint density at radius 2 is 1.81 bits per heavy atom. The molecule has 6 nitrogen and oxygen atoms in total. The fourth-order valence-electron chi connectivity index (χ4n) is 3.83. The number of amides is 2. The van der Waals surface area contributed by atoms with Crippen molar-refractivity contribution in [2.45, 2.75) is 38.3 Å². The summed E-state index contributed by atoms with van der Waals surface area (Å²) in [6.07, 6.45) is 3.21. The molecule has 2 aliphatic rings. The van der Waals surface area contributed by atoms with E-state index in [9.17, 15) is 18.4 Å². The average molecular weight is 444 g/mol. The lowest BCUT2D eigenvalue weighted by molar-refractivity contribution is -0.134. The maximum atomic E-state index is 13.9. The van der Waals surface area contributed by atoms with Crippen LogP contribution in [0.2, 0.25) is 0 Å². The topological polar surface area (TPSA) is 67.9 Å². The molecular weight excluding hydrogens is 418 g/mol. The van der Waals surface area contributed by atoms with Crippen molar-refractivity contribution in [1.82, 2.24) is 10.2 Å². The molecule has 0 radical (unpaired) electrons. The number of halogens is 2. The number of ether oxygens (including phenoxy) is 2. The number of nitrogens with one attached hydrogen (secondary N) is 1. The molecule has 1 saturated carbocycles. The van der Waals surface area contributed by atoms with Crippen molar-refractivity contribution in [2.75, 3.05) is 20.2 Å². The molecule has 1 N–H and O–H groups in total. The Kier molecular flexibility index (Phi) is 6.58. The van der Waals surface area contributed by atoms with Crippen LogP contribution in [0.15, 0.2) is 36.4 Å². The molecule has 2 aromatic rings. The Bertz CT molecular complexity index is 1000. The summed E-state index contributed by atoms with van der Waals surface area (Å²) in [5.41, 5.74) is 0.300. The molecule has 1 aliphatic heterocycles. The summed E-state index contributed by atoms with van der Waals surface area (Å²) in [6.45, 7) is 1.10. The third-order valence-electron chi connectivity index (χ3n) is 5.85. The lowest BCUT2D eigenvalue weighted by atomic mass is 10.1. The third-order valence-corrected chi connectivity index (χ3v) is 5.85. The summed E-state index contributed by atoms with van der Waals surface area (Å²) in [7, 11) is 1.49. The monoisotopic (exact) mass is 444 g/mol. The lowest BCUT2D eigenvalue weighted by Crippen LogP contribution is -2.42. The predicted octanol–water partition coefficient (Wildman–Crippen LogP) is 3.68. The molecule has 2 fully saturated rings. The van der Waals surface area contributed by atoms with Crippen LogP contribution < -0.4 is 14.8 Å². The second-order valence-electron chi connectivity index (χ2n) is 8.20. The molecule has 8 heteroatoms. The van der Waals surface area contributed by atoms with Crippen LogP contribution >= 0.6 is 0 Å². The maximum absolute atomic E-state index is 13.9. The van der Waals surface area contributed by atoms with Gasteiger partial charge >= 0.3 is 0 Å². The van der Waals surface area contributed by atoms with Crippen molar-refractivity contribution in [3.63, 3.8) is 0 Å². The Hall–Kier alpha value is -3.16. The lowest BCUT2D eigenvalue weighted by Gasteiger charge is -2.32. The number of hydrogen-bond acceptors (Lipinski definition) is 4. The van der Waals surface area contributed by atoms with Crippen molar-refractivity contribution < 1.29 is 27.8 Å². The smallest absolute Gasteiger partial charge is 0.255 e. The van der Waals surface area contributed by atoms with E-state index in [4.69, 9.17) is 9.47 Å². The number of benzene rings is 2. The van der Waals surface area contributed by atoms with Crippen molar-refractivity contribution in [3.05, 3.63) is 59.2 Å². The summed E-state index contributed by atoms with van der Waals surface area (Å²) in [4.78, 5) is 27.0. The number of carbonyl (C=O) groups is 2. The van der Waals surface area contributed by atoms with Gasteiger partial charge in [0, 0.05) is 44.0 Å². The molecule has 2 aromatic carbocycles. The minimum atomic E-state index is -0.596. The molecule has 0 spiro atoms. The molecule has 1 aliphatic carbocycles. The van der Waals surface area contributed by atoms with E-state index in [2.05, 4.69) is 5.32 Å². The van der Waals surface area contributed by atoms with Gasteiger partial charge in [0.25, 0.3) is 5.91 Å². The Labute approximate surface area is 185 Å². The Balaban J connectivity index is 1.42. The molecule has 1 saturated heterocycles. The summed E-state index contributed by atoms with van der Waals surface area (Å²) in [6, 6.07) is 8.02. The number of piperidine rings is 1. The largest absolute Gasteiger partial charge is 0.497 e. The summed E-state index contributed by atoms with van der Waals surface area (Å²) < 4.78 is 38.6. The molecule has 0 atom stereocenters. The van der Waals surface area contributed by atoms with Crippen molar-refractivity contribution >= 4 is 11.8 Å². The number of likely N-dealkylation sites (tertiary alicyclic amines) is 1. The fourth-order valence-corrected chi connectivity index (χ4v) is 3.83. The summed E-state index contributed by atoms with van der Waals surface area (Å²) >= 11 is 0. The normalized spacial score (nSPS) is 16.5. The average Bonchev–Trinajstić information content (AvgIpc) is 3.65. The minimum absolute atomic E-state index is 0.0522. The van der Waals surface area contributed by atoms with Gasteiger partial charge in [-0.25, -0.2) is 8.78 Å². The van der Waals surface area contributed by atoms with Gasteiger partial charge in [-0.1, -0.05) is 0 Å². The zero-order valence-corrected chi connectivity index (χ0v) is 17.9. The van der Waals surface area contributed by atoms with E-state index in [1.807, 2.05) is 4.90 Å². The molecule has 0 aromatic heterocycles. The van der Waals surface area contributed by atoms with E-state index in [-0.39, 0.29) is 35.6 Å². The van der Waals surface area contributed by atoms with Crippen LogP contribution in [0, 0.1) is 17.6 Å². The van der Waals surface area contributed by atoms with Crippen molar-refractivity contribution in [1.29, 1.82) is 0 Å². The number of rotatable bonds is 7. The van der Waals surface area contributed by atoms with Crippen LogP contribution in [0.3, 0.4) is 0 Å². The number of hydrogen-bond donors (Lipinski definition) is 1. The van der Waals surface area contributed by atoms with Gasteiger partial charge in [0.05, 0.1) is 12.7 Å². The van der Waals surface area contributed by atoms with E-state index in [1.54, 1.807) is 18.2 Å². The first-order chi connectivity index (χ1) is 15.4. The highest BCUT2D eigenvalue weighted by Gasteiger charge is 2.35. The quantitative estimate of drug-likeness (QED) is 0.708. The van der Waals surface area contributed by atoms with Crippen LogP contribution in [-0.2, 0) is 11.3 Å². The summed E-state index contributed by atoms with van der Waals surface area (Å²) in [5.74, 6) is -0.359. The second-order valence-corrected chi connectivity index (χ2v) is 8.20. The van der Waals surface area contributed by atoms with Gasteiger partial charge in [-0.05, 0) is 49.2 Å². The van der Waals surface area contributed by atoms with Crippen LogP contribution in [0.5, 0.6) is 11.5 Å². The van der Waals surface area contributed by atoms with Crippen LogP contribution in [-0.4, -0.2) is 43.0 Å². The van der Waals surface area contributed by atoms with E-state index in [1.165, 1.54) is 7.11 Å². The highest BCUT2D eigenvalue weighted by atomic mass is 19.1. The van der Waals surface area contributed by atoms with Gasteiger partial charge in [0.1, 0.15) is 29.2 Å². The molecule has 2 amide bonds. The second kappa shape index (κ2) is 9.54. The zero-order valence-electron chi connectivity index (χ0n) is 17.9. The van der Waals surface area contributed by atoms with E-state index < -0.39 is 17.5 Å². The fraction of sp³-hybridized carbons (Fsp3) is 0.417. The molecular formula is C24H26F2N2O4. The standard InChI is InChI=1S/C24H26F2N2O4/c1-31-19-5-7-22(32-18-8-10-28(11-9-18)24(30)15-2-3-15)20(13-19)23(29)27-14-16-12-17(25)4-6-21(16)26/h4-7,12-13,15,18H,2-3,8-11,14H2,1H3,(H,27,29). The van der Waals surface area contributed by atoms with Crippen molar-refractivity contribution in [2.24, 2.45) is 5.92 Å². The molecule has 0 bridgehead atoms. The van der Waals surface area contributed by atoms with Crippen LogP contribution in [0.1, 0.15) is 41.6 Å². The van der Waals surface area contributed by atoms with E-state index >= 15 is 0 Å². The van der Waals surface area contributed by atoms with Crippen LogP contribution in [0.25, 0.3) is 0 Å². The highest BCUT2D eigenvalue weighted by Crippen LogP contribution is 2.33. The first-order valence-electron chi connectivity index (χ1n) is 10.8. The molecule has 1 heterocycles. The SMILES string of the molecule is COc1ccc(OC2CCN(C(=O)C3CC3)CC2)c(C(=O)NCc2cc(F)ccc2F)c1. The van der Waals surface area contributed by atoms with E-state index in [0.29, 0.717) is 37.4 Å². The van der Waals surface area contributed by atoms with Gasteiger partial charge in [-0.3, -0.25) is 9.59 Å². The van der Waals surface area contributed by atoms with Gasteiger partial charge in [-0.2, -0.15) is 0 Å². The number of nitrogens with zero attached hydrogens (tertiary/aromatic N) is 1. The Morgan fingerprint density at radius 3 is 2.50 bits per heavy atom. The summed E-state index contributed by atoms with van der Waals surface area (Å²) in [5, 5.41) is 2.62. The molecule has 4 rings (SSSR count). The van der Waals surface area contributed by atoms with Crippen LogP contribution in [0.4, 0.5) is 8.78 Å². The van der Waals surface area contributed by atoms with Gasteiger partial charge < -0.3 is 19.7 Å². The Morgan fingerprint density at radius 1 is 1.06 bits per heavy atom. The first-order valence-corrected chi connectivity index (χ1v) is 10.8. The maximum Gasteiger partial charge on any atom is 0.255 e. The predicted molar refractivity (Wildman–Crippen MR) is 113 cm³/mol.